The SMILES string of the molecule is CN(CC(CCc1ccccc1)C(=O)O)C1CCN2C(=O)[C@@]12C(=O)O. The first-order chi connectivity index (χ1) is 11.9. The van der Waals surface area contributed by atoms with Crippen LogP contribution in [0.2, 0.25) is 0 Å². The summed E-state index contributed by atoms with van der Waals surface area (Å²) in [5.74, 6) is -3.01. The molecule has 1 aromatic carbocycles. The van der Waals surface area contributed by atoms with Gasteiger partial charge in [0, 0.05) is 13.1 Å². The Bertz CT molecular complexity index is 682. The van der Waals surface area contributed by atoms with Crippen LogP contribution in [0.25, 0.3) is 0 Å². The van der Waals surface area contributed by atoms with Crippen LogP contribution in [0.1, 0.15) is 18.4 Å². The van der Waals surface area contributed by atoms with Crippen LogP contribution in [0.5, 0.6) is 0 Å². The highest BCUT2D eigenvalue weighted by atomic mass is 16.4. The quantitative estimate of drug-likeness (QED) is 0.531. The zero-order valence-corrected chi connectivity index (χ0v) is 14.1. The molecule has 7 heteroatoms. The minimum atomic E-state index is -1.46. The Morgan fingerprint density at radius 1 is 1.32 bits per heavy atom. The standard InChI is InChI=1S/C18H22N2O5/c1-19(14-9-10-20-16(23)18(14,20)17(24)25)11-13(15(21)22)8-7-12-5-3-2-4-6-12/h2-6,13-14H,7-11H2,1H3,(H,21,22)(H,24,25)/t13?,14?,18-,20?/m1/s1. The second-order valence-corrected chi connectivity index (χ2v) is 6.83. The lowest BCUT2D eigenvalue weighted by Crippen LogP contribution is -2.49. The van der Waals surface area contributed by atoms with Crippen molar-refractivity contribution in [2.24, 2.45) is 5.92 Å². The van der Waals surface area contributed by atoms with E-state index in [0.717, 1.165) is 5.56 Å². The van der Waals surface area contributed by atoms with Crippen molar-refractivity contribution < 1.29 is 24.6 Å². The molecule has 2 saturated heterocycles. The maximum atomic E-state index is 11.9. The van der Waals surface area contributed by atoms with Gasteiger partial charge in [-0.05, 0) is 31.9 Å². The Kier molecular flexibility index (Phi) is 4.51. The third-order valence-electron chi connectivity index (χ3n) is 5.40. The molecule has 0 aromatic heterocycles. The van der Waals surface area contributed by atoms with E-state index in [9.17, 15) is 24.6 Å². The largest absolute Gasteiger partial charge is 0.481 e. The Morgan fingerprint density at radius 2 is 2.00 bits per heavy atom. The van der Waals surface area contributed by atoms with Crippen molar-refractivity contribution in [3.8, 4) is 0 Å². The fourth-order valence-electron chi connectivity index (χ4n) is 3.99. The van der Waals surface area contributed by atoms with Crippen LogP contribution in [0, 0.1) is 5.92 Å². The van der Waals surface area contributed by atoms with E-state index in [-0.39, 0.29) is 12.5 Å². The predicted molar refractivity (Wildman–Crippen MR) is 89.0 cm³/mol. The van der Waals surface area contributed by atoms with Crippen LogP contribution in [0.3, 0.4) is 0 Å². The Morgan fingerprint density at radius 3 is 2.56 bits per heavy atom. The molecule has 0 bridgehead atoms. The van der Waals surface area contributed by atoms with Crippen molar-refractivity contribution in [1.29, 1.82) is 0 Å². The monoisotopic (exact) mass is 346 g/mol. The number of aryl methyl sites for hydroxylation is 1. The van der Waals surface area contributed by atoms with Crippen molar-refractivity contribution in [2.45, 2.75) is 30.8 Å². The maximum absolute atomic E-state index is 11.9. The summed E-state index contributed by atoms with van der Waals surface area (Å²) in [6, 6.07) is 9.19. The number of amides is 1. The number of carboxylic acid groups (broad SMARTS) is 2. The van der Waals surface area contributed by atoms with Gasteiger partial charge in [0.05, 0.1) is 12.0 Å². The highest BCUT2D eigenvalue weighted by molar-refractivity contribution is 6.21. The molecule has 2 N–H and O–H groups in total. The summed E-state index contributed by atoms with van der Waals surface area (Å²) in [5.41, 5.74) is -0.389. The molecule has 1 amide bonds. The van der Waals surface area contributed by atoms with Crippen LogP contribution in [-0.2, 0) is 20.8 Å². The van der Waals surface area contributed by atoms with E-state index in [1.807, 2.05) is 30.3 Å². The lowest BCUT2D eigenvalue weighted by molar-refractivity contribution is -0.144. The number of likely N-dealkylation sites (N-methyl/N-ethyl adjacent to an activating group) is 1. The predicted octanol–water partition coefficient (Wildman–Crippen LogP) is 0.690. The van der Waals surface area contributed by atoms with Gasteiger partial charge in [0.1, 0.15) is 0 Å². The average molecular weight is 346 g/mol. The molecule has 2 unspecified atom stereocenters. The summed E-state index contributed by atoms with van der Waals surface area (Å²) in [6.07, 6.45) is 1.67. The molecular formula is C18H22N2O5. The van der Waals surface area contributed by atoms with Gasteiger partial charge in [0.25, 0.3) is 5.91 Å². The Labute approximate surface area is 145 Å². The van der Waals surface area contributed by atoms with Crippen molar-refractivity contribution in [1.82, 2.24) is 9.80 Å². The molecule has 1 aromatic rings. The fraction of sp³-hybridized carbons (Fsp3) is 0.500. The molecule has 0 saturated carbocycles. The van der Waals surface area contributed by atoms with E-state index in [2.05, 4.69) is 0 Å². The summed E-state index contributed by atoms with van der Waals surface area (Å²) in [6.45, 7) is 0.644. The van der Waals surface area contributed by atoms with Gasteiger partial charge >= 0.3 is 11.9 Å². The van der Waals surface area contributed by atoms with Gasteiger partial charge in [-0.3, -0.25) is 14.5 Å². The van der Waals surface area contributed by atoms with E-state index in [0.29, 0.717) is 25.8 Å². The van der Waals surface area contributed by atoms with Crippen molar-refractivity contribution in [2.75, 3.05) is 20.1 Å². The molecule has 3 atom stereocenters. The van der Waals surface area contributed by atoms with Gasteiger partial charge in [0.15, 0.2) is 0 Å². The molecule has 2 heterocycles. The molecule has 2 fully saturated rings. The van der Waals surface area contributed by atoms with Crippen LogP contribution in [0.15, 0.2) is 30.3 Å². The molecular weight excluding hydrogens is 324 g/mol. The second kappa shape index (κ2) is 6.48. The van der Waals surface area contributed by atoms with Crippen molar-refractivity contribution >= 4 is 17.8 Å². The molecule has 3 rings (SSSR count). The zero-order valence-electron chi connectivity index (χ0n) is 14.1. The van der Waals surface area contributed by atoms with Crippen molar-refractivity contribution in [3.05, 3.63) is 35.9 Å². The molecule has 7 nitrogen and oxygen atoms in total. The normalized spacial score (nSPS) is 25.8. The number of nitrogens with zero attached hydrogens (tertiary/aromatic N) is 2. The lowest BCUT2D eigenvalue weighted by atomic mass is 9.94. The highest BCUT2D eigenvalue weighted by Gasteiger charge is 2.76. The number of aliphatic carboxylic acids is 2. The molecule has 2 aliphatic heterocycles. The number of piperidine rings is 1. The molecule has 2 aliphatic rings. The fourth-order valence-corrected chi connectivity index (χ4v) is 3.99. The molecule has 0 spiro atoms. The van der Waals surface area contributed by atoms with Crippen LogP contribution in [0.4, 0.5) is 0 Å². The van der Waals surface area contributed by atoms with E-state index in [1.54, 1.807) is 11.9 Å². The van der Waals surface area contributed by atoms with Gasteiger partial charge in [-0.15, -0.1) is 0 Å². The van der Waals surface area contributed by atoms with Gasteiger partial charge < -0.3 is 15.1 Å². The Hall–Kier alpha value is -2.41. The minimum absolute atomic E-state index is 0.225. The molecule has 25 heavy (non-hydrogen) atoms. The number of hydrogen-bond acceptors (Lipinski definition) is 4. The number of carboxylic acids is 2. The zero-order chi connectivity index (χ0) is 18.2. The molecule has 0 radical (unpaired) electrons. The number of rotatable bonds is 8. The van der Waals surface area contributed by atoms with Crippen LogP contribution in [-0.4, -0.2) is 69.6 Å². The van der Waals surface area contributed by atoms with Gasteiger partial charge in [-0.25, -0.2) is 4.79 Å². The average Bonchev–Trinajstić information content (AvgIpc) is 2.99. The summed E-state index contributed by atoms with van der Waals surface area (Å²) in [5, 5.41) is 19.0. The summed E-state index contributed by atoms with van der Waals surface area (Å²) >= 11 is 0. The van der Waals surface area contributed by atoms with Crippen LogP contribution >= 0.6 is 0 Å². The molecule has 134 valence electrons. The topological polar surface area (TPSA) is 97.9 Å². The number of carbonyl (C=O) groups is 3. The van der Waals surface area contributed by atoms with Crippen LogP contribution < -0.4 is 0 Å². The lowest BCUT2D eigenvalue weighted by Gasteiger charge is -2.29. The van der Waals surface area contributed by atoms with Gasteiger partial charge in [-0.1, -0.05) is 30.3 Å². The minimum Gasteiger partial charge on any atom is -0.481 e. The maximum Gasteiger partial charge on any atom is 0.341 e. The van der Waals surface area contributed by atoms with Gasteiger partial charge in [0.2, 0.25) is 5.54 Å². The number of hydrogen-bond donors (Lipinski definition) is 2. The second-order valence-electron chi connectivity index (χ2n) is 6.83. The van der Waals surface area contributed by atoms with E-state index in [4.69, 9.17) is 0 Å². The van der Waals surface area contributed by atoms with Crippen molar-refractivity contribution in [3.63, 3.8) is 0 Å². The highest BCUT2D eigenvalue weighted by Crippen LogP contribution is 2.47. The van der Waals surface area contributed by atoms with E-state index >= 15 is 0 Å². The summed E-state index contributed by atoms with van der Waals surface area (Å²) in [7, 11) is 1.71. The van der Waals surface area contributed by atoms with Gasteiger partial charge in [-0.2, -0.15) is 0 Å². The van der Waals surface area contributed by atoms with E-state index in [1.165, 1.54) is 4.90 Å². The Balaban J connectivity index is 1.65. The number of fused-ring (bicyclic) bond motifs is 1. The first-order valence-electron chi connectivity index (χ1n) is 8.41. The third kappa shape index (κ3) is 2.89. The first-order valence-corrected chi connectivity index (χ1v) is 8.41. The smallest absolute Gasteiger partial charge is 0.341 e. The number of benzene rings is 1. The summed E-state index contributed by atoms with van der Waals surface area (Å²) < 4.78 is 0. The summed E-state index contributed by atoms with van der Waals surface area (Å²) in [4.78, 5) is 38.3. The number of carbonyl (C=O) groups excluding carboxylic acids is 1. The third-order valence-corrected chi connectivity index (χ3v) is 5.40. The first kappa shape index (κ1) is 17.4. The molecule has 0 aliphatic carbocycles. The van der Waals surface area contributed by atoms with E-state index < -0.39 is 29.4 Å².